The van der Waals surface area contributed by atoms with Crippen molar-refractivity contribution < 1.29 is 14.7 Å². The van der Waals surface area contributed by atoms with E-state index in [1.807, 2.05) is 60.8 Å². The molecule has 178 valence electrons. The number of para-hydroxylation sites is 1. The van der Waals surface area contributed by atoms with Crippen molar-refractivity contribution >= 4 is 34.9 Å². The summed E-state index contributed by atoms with van der Waals surface area (Å²) in [7, 11) is 0. The molecule has 4 aromatic rings. The van der Waals surface area contributed by atoms with Crippen LogP contribution in [0.2, 0.25) is 0 Å². The quantitative estimate of drug-likeness (QED) is 0.268. The number of nitrogens with zero attached hydrogens (tertiary/aromatic N) is 1. The minimum Gasteiger partial charge on any atom is -0.481 e. The van der Waals surface area contributed by atoms with Crippen molar-refractivity contribution in [2.45, 2.75) is 39.5 Å². The van der Waals surface area contributed by atoms with Crippen LogP contribution in [0.4, 0.5) is 0 Å². The van der Waals surface area contributed by atoms with Gasteiger partial charge in [0.25, 0.3) is 5.91 Å². The first kappa shape index (κ1) is 24.2. The van der Waals surface area contributed by atoms with E-state index >= 15 is 0 Å². The summed E-state index contributed by atoms with van der Waals surface area (Å²) in [5.41, 5.74) is 5.86. The van der Waals surface area contributed by atoms with E-state index < -0.39 is 5.97 Å². The minimum atomic E-state index is -0.804. The van der Waals surface area contributed by atoms with Gasteiger partial charge in [-0.2, -0.15) is 0 Å². The molecule has 4 nitrogen and oxygen atoms in total. The van der Waals surface area contributed by atoms with Crippen LogP contribution in [0.15, 0.2) is 79.0 Å². The van der Waals surface area contributed by atoms with E-state index in [-0.39, 0.29) is 12.3 Å². The molecule has 0 saturated carbocycles. The molecular formula is C31H31NO3. The second-order valence-corrected chi connectivity index (χ2v) is 9.39. The van der Waals surface area contributed by atoms with E-state index in [9.17, 15) is 9.59 Å². The fourth-order valence-electron chi connectivity index (χ4n) is 4.39. The van der Waals surface area contributed by atoms with Crippen molar-refractivity contribution in [1.82, 2.24) is 4.57 Å². The molecule has 0 aliphatic heterocycles. The van der Waals surface area contributed by atoms with Crippen LogP contribution in [-0.2, 0) is 17.6 Å². The molecule has 35 heavy (non-hydrogen) atoms. The fraction of sp³-hybridized carbons (Fsp3) is 0.226. The summed E-state index contributed by atoms with van der Waals surface area (Å²) in [5, 5.41) is 9.96. The number of carboxylic acids is 1. The molecule has 1 aromatic heterocycles. The van der Waals surface area contributed by atoms with Gasteiger partial charge in [-0.15, -0.1) is 0 Å². The number of carbonyl (C=O) groups excluding carboxylic acids is 1. The Morgan fingerprint density at radius 1 is 0.914 bits per heavy atom. The van der Waals surface area contributed by atoms with Crippen LogP contribution in [0.1, 0.15) is 59.3 Å². The highest BCUT2D eigenvalue weighted by molar-refractivity contribution is 6.03. The van der Waals surface area contributed by atoms with E-state index in [4.69, 9.17) is 5.11 Å². The van der Waals surface area contributed by atoms with E-state index in [1.165, 1.54) is 5.56 Å². The van der Waals surface area contributed by atoms with Crippen LogP contribution in [0.3, 0.4) is 0 Å². The molecule has 1 N–H and O–H groups in total. The summed E-state index contributed by atoms with van der Waals surface area (Å²) in [5.74, 6) is -0.268. The molecule has 0 amide bonds. The summed E-state index contributed by atoms with van der Waals surface area (Å²) in [4.78, 5) is 24.4. The average molecular weight is 466 g/mol. The smallest absolute Gasteiger partial charge is 0.303 e. The van der Waals surface area contributed by atoms with Crippen molar-refractivity contribution in [1.29, 1.82) is 0 Å². The third-order valence-corrected chi connectivity index (χ3v) is 6.08. The highest BCUT2D eigenvalue weighted by Crippen LogP contribution is 2.24. The maximum Gasteiger partial charge on any atom is 0.303 e. The van der Waals surface area contributed by atoms with Gasteiger partial charge in [-0.3, -0.25) is 14.2 Å². The first-order valence-electron chi connectivity index (χ1n) is 12.1. The Labute approximate surface area is 206 Å². The van der Waals surface area contributed by atoms with Gasteiger partial charge >= 0.3 is 5.97 Å². The Morgan fingerprint density at radius 3 is 2.40 bits per heavy atom. The van der Waals surface area contributed by atoms with Gasteiger partial charge in [-0.05, 0) is 65.6 Å². The van der Waals surface area contributed by atoms with Gasteiger partial charge in [0.15, 0.2) is 0 Å². The Balaban J connectivity index is 1.55. The largest absolute Gasteiger partial charge is 0.481 e. The molecule has 0 radical (unpaired) electrons. The number of aryl methyl sites for hydroxylation is 1. The Hall–Kier alpha value is -3.92. The van der Waals surface area contributed by atoms with Crippen molar-refractivity contribution in [3.05, 3.63) is 107 Å². The summed E-state index contributed by atoms with van der Waals surface area (Å²) >= 11 is 0. The van der Waals surface area contributed by atoms with Crippen LogP contribution in [-0.4, -0.2) is 21.6 Å². The number of hydrogen-bond acceptors (Lipinski definition) is 2. The predicted molar refractivity (Wildman–Crippen MR) is 143 cm³/mol. The monoisotopic (exact) mass is 465 g/mol. The second kappa shape index (κ2) is 11.0. The van der Waals surface area contributed by atoms with Crippen LogP contribution in [0.5, 0.6) is 0 Å². The molecule has 0 bridgehead atoms. The second-order valence-electron chi connectivity index (χ2n) is 9.39. The molecular weight excluding hydrogens is 434 g/mol. The summed E-state index contributed by atoms with van der Waals surface area (Å²) in [6.07, 6.45) is 8.29. The number of carboxylic acid groups (broad SMARTS) is 1. The van der Waals surface area contributed by atoms with Gasteiger partial charge in [0.1, 0.15) is 0 Å². The molecule has 0 spiro atoms. The van der Waals surface area contributed by atoms with Crippen LogP contribution >= 0.6 is 0 Å². The van der Waals surface area contributed by atoms with Crippen LogP contribution in [0.25, 0.3) is 23.1 Å². The number of benzene rings is 3. The van der Waals surface area contributed by atoms with Gasteiger partial charge < -0.3 is 5.11 Å². The normalized spacial score (nSPS) is 11.5. The first-order valence-corrected chi connectivity index (χ1v) is 12.1. The number of rotatable bonds is 9. The lowest BCUT2D eigenvalue weighted by molar-refractivity contribution is -0.137. The number of aliphatic carboxylic acids is 1. The average Bonchev–Trinajstić information content (AvgIpc) is 3.21. The zero-order valence-electron chi connectivity index (χ0n) is 20.3. The van der Waals surface area contributed by atoms with Crippen LogP contribution < -0.4 is 0 Å². The predicted octanol–water partition coefficient (Wildman–Crippen LogP) is 7.11. The van der Waals surface area contributed by atoms with Crippen LogP contribution in [0, 0.1) is 5.92 Å². The minimum absolute atomic E-state index is 0.0982. The van der Waals surface area contributed by atoms with Gasteiger partial charge in [0.05, 0.1) is 5.52 Å². The number of carbonyl (C=O) groups is 2. The SMILES string of the molecule is CC(C)Cc1ccc(/C=C/c2cccc(C(=O)n3cc(CCCC(=O)O)c4ccccc43)c2)cc1. The zero-order valence-corrected chi connectivity index (χ0v) is 20.3. The number of hydrogen-bond donors (Lipinski definition) is 1. The lowest BCUT2D eigenvalue weighted by atomic mass is 10.0. The summed E-state index contributed by atoms with van der Waals surface area (Å²) in [6, 6.07) is 24.0. The maximum atomic E-state index is 13.5. The van der Waals surface area contributed by atoms with E-state index in [0.717, 1.165) is 34.0 Å². The van der Waals surface area contributed by atoms with Gasteiger partial charge in [-0.1, -0.05) is 80.6 Å². The lowest BCUT2D eigenvalue weighted by Gasteiger charge is -2.06. The molecule has 0 aliphatic rings. The number of aromatic nitrogens is 1. The molecule has 0 saturated heterocycles. The highest BCUT2D eigenvalue weighted by atomic mass is 16.4. The molecule has 4 heteroatoms. The number of fused-ring (bicyclic) bond motifs is 1. The summed E-state index contributed by atoms with van der Waals surface area (Å²) < 4.78 is 1.68. The summed E-state index contributed by atoms with van der Waals surface area (Å²) in [6.45, 7) is 4.44. The van der Waals surface area contributed by atoms with E-state index in [2.05, 4.69) is 44.2 Å². The van der Waals surface area contributed by atoms with Gasteiger partial charge in [-0.25, -0.2) is 0 Å². The molecule has 0 unspecified atom stereocenters. The maximum absolute atomic E-state index is 13.5. The molecule has 3 aromatic carbocycles. The Kier molecular flexibility index (Phi) is 7.61. The molecule has 0 atom stereocenters. The topological polar surface area (TPSA) is 59.3 Å². The fourth-order valence-corrected chi connectivity index (χ4v) is 4.39. The molecule has 4 rings (SSSR count). The van der Waals surface area contributed by atoms with Crippen molar-refractivity contribution in [2.24, 2.45) is 5.92 Å². The van der Waals surface area contributed by atoms with E-state index in [1.54, 1.807) is 4.57 Å². The lowest BCUT2D eigenvalue weighted by Crippen LogP contribution is -2.10. The molecule has 1 heterocycles. The van der Waals surface area contributed by atoms with Gasteiger partial charge in [0.2, 0.25) is 0 Å². The molecule has 0 aliphatic carbocycles. The van der Waals surface area contributed by atoms with Crippen molar-refractivity contribution in [3.63, 3.8) is 0 Å². The zero-order chi connectivity index (χ0) is 24.8. The van der Waals surface area contributed by atoms with E-state index in [0.29, 0.717) is 24.3 Å². The first-order chi connectivity index (χ1) is 16.9. The third kappa shape index (κ3) is 6.15. The van der Waals surface area contributed by atoms with Crippen molar-refractivity contribution in [3.8, 4) is 0 Å². The van der Waals surface area contributed by atoms with Gasteiger partial charge in [0, 0.05) is 23.6 Å². The standard InChI is InChI=1S/C31H31NO3/c1-22(2)19-25-17-14-23(15-18-25)13-16-24-7-5-8-26(20-24)31(35)32-21-27(9-6-12-30(33)34)28-10-3-4-11-29(28)32/h3-5,7-8,10-11,13-18,20-22H,6,9,12,19H2,1-2H3,(H,33,34)/b16-13+. The van der Waals surface area contributed by atoms with Crippen molar-refractivity contribution in [2.75, 3.05) is 0 Å². The Bertz CT molecular complexity index is 1360. The Morgan fingerprint density at radius 2 is 1.66 bits per heavy atom. The molecule has 0 fully saturated rings. The highest BCUT2D eigenvalue weighted by Gasteiger charge is 2.15. The third-order valence-electron chi connectivity index (χ3n) is 6.08.